The normalized spacial score (nSPS) is 19.5. The summed E-state index contributed by atoms with van der Waals surface area (Å²) in [6.07, 6.45) is 5.03. The smallest absolute Gasteiger partial charge is 0.0878 e. The minimum atomic E-state index is 0.607. The number of ether oxygens (including phenoxy) is 1. The zero-order valence-electron chi connectivity index (χ0n) is 6.76. The van der Waals surface area contributed by atoms with Crippen LogP contribution in [0.3, 0.4) is 0 Å². The van der Waals surface area contributed by atoms with Crippen LogP contribution in [0.25, 0.3) is 0 Å². The predicted molar refractivity (Wildman–Crippen MR) is 44.6 cm³/mol. The fraction of sp³-hybridized carbons (Fsp3) is 0.500. The van der Waals surface area contributed by atoms with Gasteiger partial charge in [0.2, 0.25) is 0 Å². The van der Waals surface area contributed by atoms with Gasteiger partial charge in [-0.3, -0.25) is 5.84 Å². The van der Waals surface area contributed by atoms with E-state index in [1.807, 2.05) is 13.0 Å². The molecular weight excluding hydrogens is 140 g/mol. The maximum atomic E-state index is 5.30. The van der Waals surface area contributed by atoms with Crippen molar-refractivity contribution in [3.05, 3.63) is 23.4 Å². The molecule has 3 N–H and O–H groups in total. The lowest BCUT2D eigenvalue weighted by Gasteiger charge is -2.17. The Bertz CT molecular complexity index is 185. The molecule has 1 aliphatic heterocycles. The fourth-order valence-corrected chi connectivity index (χ4v) is 1.12. The Kier molecular flexibility index (Phi) is 3.14. The van der Waals surface area contributed by atoms with Gasteiger partial charge in [-0.1, -0.05) is 12.2 Å². The van der Waals surface area contributed by atoms with Gasteiger partial charge in [-0.15, -0.1) is 0 Å². The maximum Gasteiger partial charge on any atom is 0.0878 e. The first-order chi connectivity index (χ1) is 5.38. The van der Waals surface area contributed by atoms with E-state index in [4.69, 9.17) is 10.6 Å². The third-order valence-corrected chi connectivity index (χ3v) is 1.69. The van der Waals surface area contributed by atoms with E-state index in [0.717, 1.165) is 18.7 Å². The summed E-state index contributed by atoms with van der Waals surface area (Å²) in [4.78, 5) is 0. The van der Waals surface area contributed by atoms with Crippen LogP contribution in [0.5, 0.6) is 0 Å². The van der Waals surface area contributed by atoms with Crippen molar-refractivity contribution in [1.82, 2.24) is 5.43 Å². The highest BCUT2D eigenvalue weighted by Crippen LogP contribution is 2.13. The Morgan fingerprint density at radius 1 is 1.64 bits per heavy atom. The van der Waals surface area contributed by atoms with Crippen molar-refractivity contribution in [2.45, 2.75) is 13.3 Å². The second-order valence-corrected chi connectivity index (χ2v) is 2.45. The maximum absolute atomic E-state index is 5.30. The molecule has 0 amide bonds. The minimum absolute atomic E-state index is 0.607. The lowest BCUT2D eigenvalue weighted by atomic mass is 10.1. The SMILES string of the molecule is C/C=C/C1=C(NN)COCC1. The van der Waals surface area contributed by atoms with E-state index >= 15 is 0 Å². The average Bonchev–Trinajstić information content (AvgIpc) is 2.06. The molecule has 1 rings (SSSR count). The number of nitrogens with one attached hydrogen (secondary N) is 1. The highest BCUT2D eigenvalue weighted by molar-refractivity contribution is 5.25. The van der Waals surface area contributed by atoms with E-state index in [2.05, 4.69) is 11.5 Å². The molecule has 0 saturated carbocycles. The van der Waals surface area contributed by atoms with E-state index in [9.17, 15) is 0 Å². The fourth-order valence-electron chi connectivity index (χ4n) is 1.12. The van der Waals surface area contributed by atoms with Crippen LogP contribution in [0.4, 0.5) is 0 Å². The summed E-state index contributed by atoms with van der Waals surface area (Å²) in [5.41, 5.74) is 4.89. The van der Waals surface area contributed by atoms with Crippen molar-refractivity contribution in [3.8, 4) is 0 Å². The van der Waals surface area contributed by atoms with Gasteiger partial charge in [0.15, 0.2) is 0 Å². The molecule has 0 unspecified atom stereocenters. The summed E-state index contributed by atoms with van der Waals surface area (Å²) in [6, 6.07) is 0. The number of hydrogen-bond donors (Lipinski definition) is 2. The number of hydrogen-bond acceptors (Lipinski definition) is 3. The summed E-state index contributed by atoms with van der Waals surface area (Å²) < 4.78 is 5.22. The molecular formula is C8H14N2O. The van der Waals surface area contributed by atoms with Crippen LogP contribution in [0.2, 0.25) is 0 Å². The van der Waals surface area contributed by atoms with Crippen LogP contribution in [-0.2, 0) is 4.74 Å². The molecule has 3 nitrogen and oxygen atoms in total. The summed E-state index contributed by atoms with van der Waals surface area (Å²) in [6.45, 7) is 3.40. The standard InChI is InChI=1S/C8H14N2O/c1-2-3-7-4-5-11-6-8(7)10-9/h2-3,10H,4-6,9H2,1H3/b3-2+. The van der Waals surface area contributed by atoms with Crippen molar-refractivity contribution >= 4 is 0 Å². The van der Waals surface area contributed by atoms with Crippen LogP contribution in [0.15, 0.2) is 23.4 Å². The van der Waals surface area contributed by atoms with Crippen molar-refractivity contribution in [2.75, 3.05) is 13.2 Å². The lowest BCUT2D eigenvalue weighted by Crippen LogP contribution is -2.28. The molecule has 62 valence electrons. The second kappa shape index (κ2) is 4.16. The number of hydrazine groups is 1. The Labute approximate surface area is 66.9 Å². The van der Waals surface area contributed by atoms with Gasteiger partial charge in [0.25, 0.3) is 0 Å². The Hall–Kier alpha value is -0.800. The first-order valence-corrected chi connectivity index (χ1v) is 3.77. The molecule has 0 aliphatic carbocycles. The van der Waals surface area contributed by atoms with Crippen molar-refractivity contribution in [1.29, 1.82) is 0 Å². The lowest BCUT2D eigenvalue weighted by molar-refractivity contribution is 0.142. The highest BCUT2D eigenvalue weighted by atomic mass is 16.5. The molecule has 0 bridgehead atoms. The van der Waals surface area contributed by atoms with Gasteiger partial charge in [-0.05, 0) is 18.9 Å². The second-order valence-electron chi connectivity index (χ2n) is 2.45. The molecule has 1 heterocycles. The first-order valence-electron chi connectivity index (χ1n) is 3.77. The summed E-state index contributed by atoms with van der Waals surface area (Å²) in [5.74, 6) is 5.30. The molecule has 0 spiro atoms. The number of rotatable bonds is 2. The minimum Gasteiger partial charge on any atom is -0.375 e. The van der Waals surface area contributed by atoms with Gasteiger partial charge in [-0.25, -0.2) is 0 Å². The zero-order valence-corrected chi connectivity index (χ0v) is 6.76. The van der Waals surface area contributed by atoms with Crippen molar-refractivity contribution in [2.24, 2.45) is 5.84 Å². The number of nitrogens with two attached hydrogens (primary N) is 1. The van der Waals surface area contributed by atoms with E-state index in [1.165, 1.54) is 5.57 Å². The monoisotopic (exact) mass is 154 g/mol. The Morgan fingerprint density at radius 3 is 3.09 bits per heavy atom. The van der Waals surface area contributed by atoms with Crippen LogP contribution < -0.4 is 11.3 Å². The average molecular weight is 154 g/mol. The molecule has 1 aliphatic rings. The molecule has 0 atom stereocenters. The van der Waals surface area contributed by atoms with Crippen LogP contribution in [-0.4, -0.2) is 13.2 Å². The molecule has 0 aromatic carbocycles. The van der Waals surface area contributed by atoms with Crippen LogP contribution >= 0.6 is 0 Å². The van der Waals surface area contributed by atoms with Crippen LogP contribution in [0, 0.1) is 0 Å². The van der Waals surface area contributed by atoms with Crippen LogP contribution in [0.1, 0.15) is 13.3 Å². The molecule has 11 heavy (non-hydrogen) atoms. The first kappa shape index (κ1) is 8.30. The predicted octanol–water partition coefficient (Wildman–Crippen LogP) is 0.700. The molecule has 0 radical (unpaired) electrons. The Morgan fingerprint density at radius 2 is 2.45 bits per heavy atom. The van der Waals surface area contributed by atoms with Gasteiger partial charge in [0.1, 0.15) is 0 Å². The summed E-state index contributed by atoms with van der Waals surface area (Å²) >= 11 is 0. The van der Waals surface area contributed by atoms with E-state index in [0.29, 0.717) is 6.61 Å². The zero-order chi connectivity index (χ0) is 8.10. The Balaban J connectivity index is 2.72. The molecule has 0 aromatic rings. The molecule has 0 aromatic heterocycles. The third kappa shape index (κ3) is 2.06. The topological polar surface area (TPSA) is 47.3 Å². The molecule has 3 heteroatoms. The molecule has 0 fully saturated rings. The third-order valence-electron chi connectivity index (χ3n) is 1.69. The van der Waals surface area contributed by atoms with Crippen molar-refractivity contribution < 1.29 is 4.74 Å². The van der Waals surface area contributed by atoms with Gasteiger partial charge < -0.3 is 10.2 Å². The number of allylic oxidation sites excluding steroid dienone is 2. The summed E-state index contributed by atoms with van der Waals surface area (Å²) in [5, 5.41) is 0. The van der Waals surface area contributed by atoms with E-state index in [-0.39, 0.29) is 0 Å². The van der Waals surface area contributed by atoms with E-state index < -0.39 is 0 Å². The van der Waals surface area contributed by atoms with Crippen molar-refractivity contribution in [3.63, 3.8) is 0 Å². The quantitative estimate of drug-likeness (QED) is 0.454. The van der Waals surface area contributed by atoms with E-state index in [1.54, 1.807) is 0 Å². The summed E-state index contributed by atoms with van der Waals surface area (Å²) in [7, 11) is 0. The highest BCUT2D eigenvalue weighted by Gasteiger charge is 2.08. The molecule has 0 saturated heterocycles. The van der Waals surface area contributed by atoms with Gasteiger partial charge >= 0.3 is 0 Å². The van der Waals surface area contributed by atoms with Gasteiger partial charge in [0, 0.05) is 0 Å². The van der Waals surface area contributed by atoms with Gasteiger partial charge in [0.05, 0.1) is 18.9 Å². The largest absolute Gasteiger partial charge is 0.375 e. The van der Waals surface area contributed by atoms with Gasteiger partial charge in [-0.2, -0.15) is 0 Å².